The summed E-state index contributed by atoms with van der Waals surface area (Å²) in [5, 5.41) is 0. The predicted octanol–water partition coefficient (Wildman–Crippen LogP) is 1.41. The van der Waals surface area contributed by atoms with E-state index in [4.69, 9.17) is 0 Å². The van der Waals surface area contributed by atoms with E-state index in [-0.39, 0.29) is 12.2 Å². The minimum absolute atomic E-state index is 0.102. The average Bonchev–Trinajstić information content (AvgIpc) is 2.56. The molecule has 0 saturated heterocycles. The van der Waals surface area contributed by atoms with Crippen molar-refractivity contribution in [1.82, 2.24) is 9.13 Å². The van der Waals surface area contributed by atoms with E-state index in [0.717, 1.165) is 23.7 Å². The molecular formula is C12H14N2O2. The van der Waals surface area contributed by atoms with Crippen molar-refractivity contribution >= 4 is 17.3 Å². The summed E-state index contributed by atoms with van der Waals surface area (Å²) < 4.78 is 3.23. The minimum atomic E-state index is -0.102. The zero-order chi connectivity index (χ0) is 11.5. The van der Waals surface area contributed by atoms with Gasteiger partial charge in [-0.15, -0.1) is 0 Å². The second-order valence-electron chi connectivity index (χ2n) is 3.70. The first-order valence-corrected chi connectivity index (χ1v) is 5.41. The normalized spacial score (nSPS) is 10.8. The van der Waals surface area contributed by atoms with Gasteiger partial charge in [-0.25, -0.2) is 4.79 Å². The highest BCUT2D eigenvalue weighted by Gasteiger charge is 2.10. The summed E-state index contributed by atoms with van der Waals surface area (Å²) in [6.07, 6.45) is 1.65. The molecule has 0 atom stereocenters. The number of para-hydroxylation sites is 2. The van der Waals surface area contributed by atoms with Gasteiger partial charge in [0.15, 0.2) is 0 Å². The molecule has 0 radical (unpaired) electrons. The van der Waals surface area contributed by atoms with Crippen molar-refractivity contribution < 1.29 is 4.79 Å². The fraction of sp³-hybridized carbons (Fsp3) is 0.333. The van der Waals surface area contributed by atoms with Crippen LogP contribution in [0.3, 0.4) is 0 Å². The summed E-state index contributed by atoms with van der Waals surface area (Å²) in [5.74, 6) is 0. The van der Waals surface area contributed by atoms with E-state index in [2.05, 4.69) is 0 Å². The number of carbonyl (C=O) groups excluding carboxylic acids is 1. The van der Waals surface area contributed by atoms with Gasteiger partial charge >= 0.3 is 5.69 Å². The van der Waals surface area contributed by atoms with Gasteiger partial charge in [-0.1, -0.05) is 19.1 Å². The van der Waals surface area contributed by atoms with Crippen LogP contribution in [-0.2, 0) is 17.9 Å². The van der Waals surface area contributed by atoms with E-state index >= 15 is 0 Å². The van der Waals surface area contributed by atoms with Gasteiger partial charge in [0.1, 0.15) is 6.29 Å². The van der Waals surface area contributed by atoms with Gasteiger partial charge in [0.25, 0.3) is 0 Å². The number of nitrogens with zero attached hydrogens (tertiary/aromatic N) is 2. The zero-order valence-corrected chi connectivity index (χ0v) is 9.22. The topological polar surface area (TPSA) is 44.0 Å². The van der Waals surface area contributed by atoms with Crippen LogP contribution < -0.4 is 5.69 Å². The summed E-state index contributed by atoms with van der Waals surface area (Å²) in [6, 6.07) is 7.55. The van der Waals surface area contributed by atoms with Gasteiger partial charge in [0.05, 0.1) is 17.6 Å². The second kappa shape index (κ2) is 4.35. The third-order valence-corrected chi connectivity index (χ3v) is 2.63. The number of rotatable bonds is 4. The van der Waals surface area contributed by atoms with Crippen LogP contribution in [0.15, 0.2) is 29.1 Å². The molecule has 1 aromatic carbocycles. The molecule has 16 heavy (non-hydrogen) atoms. The molecule has 4 heteroatoms. The number of aldehydes is 1. The number of fused-ring (bicyclic) bond motifs is 1. The zero-order valence-electron chi connectivity index (χ0n) is 9.22. The highest BCUT2D eigenvalue weighted by atomic mass is 16.2. The van der Waals surface area contributed by atoms with E-state index in [9.17, 15) is 9.59 Å². The van der Waals surface area contributed by atoms with Crippen LogP contribution in [-0.4, -0.2) is 15.4 Å². The molecule has 0 aliphatic carbocycles. The predicted molar refractivity (Wildman–Crippen MR) is 62.6 cm³/mol. The van der Waals surface area contributed by atoms with Crippen LogP contribution in [0.1, 0.15) is 13.3 Å². The summed E-state index contributed by atoms with van der Waals surface area (Å²) in [6.45, 7) is 2.83. The van der Waals surface area contributed by atoms with Gasteiger partial charge in [0, 0.05) is 6.54 Å². The van der Waals surface area contributed by atoms with Crippen LogP contribution in [0, 0.1) is 0 Å². The van der Waals surface area contributed by atoms with Gasteiger partial charge in [-0.05, 0) is 18.6 Å². The van der Waals surface area contributed by atoms with E-state index in [1.165, 1.54) is 4.57 Å². The van der Waals surface area contributed by atoms with Gasteiger partial charge in [-0.2, -0.15) is 0 Å². The lowest BCUT2D eigenvalue weighted by Crippen LogP contribution is -2.24. The van der Waals surface area contributed by atoms with Gasteiger partial charge in [-0.3, -0.25) is 9.13 Å². The Bertz CT molecular complexity index is 566. The monoisotopic (exact) mass is 218 g/mol. The minimum Gasteiger partial charge on any atom is -0.301 e. The molecule has 1 aromatic heterocycles. The molecule has 0 bridgehead atoms. The Morgan fingerprint density at radius 2 is 1.81 bits per heavy atom. The lowest BCUT2D eigenvalue weighted by atomic mass is 10.3. The quantitative estimate of drug-likeness (QED) is 0.728. The Kier molecular flexibility index (Phi) is 2.90. The molecule has 0 N–H and O–H groups in total. The van der Waals surface area contributed by atoms with E-state index in [0.29, 0.717) is 6.54 Å². The number of benzene rings is 1. The third-order valence-electron chi connectivity index (χ3n) is 2.63. The highest BCUT2D eigenvalue weighted by molar-refractivity contribution is 5.76. The number of hydrogen-bond acceptors (Lipinski definition) is 2. The molecule has 1 heterocycles. The second-order valence-corrected chi connectivity index (χ2v) is 3.70. The molecule has 4 nitrogen and oxygen atoms in total. The van der Waals surface area contributed by atoms with Crippen molar-refractivity contribution in [3.8, 4) is 0 Å². The SMILES string of the molecule is CCCn1c(=O)n(CC=O)c2ccccc21. The summed E-state index contributed by atoms with van der Waals surface area (Å²) in [7, 11) is 0. The first-order chi connectivity index (χ1) is 7.79. The fourth-order valence-corrected chi connectivity index (χ4v) is 1.96. The van der Waals surface area contributed by atoms with Crippen LogP contribution in [0.25, 0.3) is 11.0 Å². The maximum absolute atomic E-state index is 12.0. The molecular weight excluding hydrogens is 204 g/mol. The lowest BCUT2D eigenvalue weighted by molar-refractivity contribution is -0.108. The molecule has 0 saturated carbocycles. The largest absolute Gasteiger partial charge is 0.329 e. The molecule has 0 spiro atoms. The maximum Gasteiger partial charge on any atom is 0.329 e. The molecule has 2 rings (SSSR count). The van der Waals surface area contributed by atoms with Crippen molar-refractivity contribution in [3.63, 3.8) is 0 Å². The van der Waals surface area contributed by atoms with Gasteiger partial charge < -0.3 is 4.79 Å². The Morgan fingerprint density at radius 3 is 2.38 bits per heavy atom. The van der Waals surface area contributed by atoms with E-state index in [1.807, 2.05) is 31.2 Å². The Labute approximate surface area is 93.1 Å². The molecule has 0 unspecified atom stereocenters. The standard InChI is InChI=1S/C12H14N2O2/c1-2-7-13-10-5-3-4-6-11(10)14(8-9-15)12(13)16/h3-6,9H,2,7-8H2,1H3. The van der Waals surface area contributed by atoms with Crippen LogP contribution in [0.5, 0.6) is 0 Å². The van der Waals surface area contributed by atoms with Crippen molar-refractivity contribution in [2.75, 3.05) is 0 Å². The fourth-order valence-electron chi connectivity index (χ4n) is 1.96. The molecule has 2 aromatic rings. The van der Waals surface area contributed by atoms with Gasteiger partial charge in [0.2, 0.25) is 0 Å². The molecule has 0 aliphatic heterocycles. The lowest BCUT2D eigenvalue weighted by Gasteiger charge is -1.98. The van der Waals surface area contributed by atoms with Crippen LogP contribution >= 0.6 is 0 Å². The smallest absolute Gasteiger partial charge is 0.301 e. The Balaban J connectivity index is 2.74. The van der Waals surface area contributed by atoms with Crippen molar-refractivity contribution in [3.05, 3.63) is 34.7 Å². The average molecular weight is 218 g/mol. The molecule has 0 amide bonds. The first kappa shape index (κ1) is 10.7. The molecule has 0 fully saturated rings. The molecule has 0 aliphatic rings. The van der Waals surface area contributed by atoms with Crippen molar-refractivity contribution in [1.29, 1.82) is 0 Å². The van der Waals surface area contributed by atoms with Crippen molar-refractivity contribution in [2.24, 2.45) is 0 Å². The van der Waals surface area contributed by atoms with E-state index in [1.54, 1.807) is 4.57 Å². The number of imidazole rings is 1. The third kappa shape index (κ3) is 1.56. The molecule has 84 valence electrons. The summed E-state index contributed by atoms with van der Waals surface area (Å²) >= 11 is 0. The summed E-state index contributed by atoms with van der Waals surface area (Å²) in [4.78, 5) is 22.6. The van der Waals surface area contributed by atoms with Crippen molar-refractivity contribution in [2.45, 2.75) is 26.4 Å². The van der Waals surface area contributed by atoms with Crippen LogP contribution in [0.2, 0.25) is 0 Å². The van der Waals surface area contributed by atoms with Crippen LogP contribution in [0.4, 0.5) is 0 Å². The first-order valence-electron chi connectivity index (χ1n) is 5.41. The number of aromatic nitrogens is 2. The Hall–Kier alpha value is -1.84. The number of carbonyl (C=O) groups is 1. The van der Waals surface area contributed by atoms with E-state index < -0.39 is 0 Å². The Morgan fingerprint density at radius 1 is 1.19 bits per heavy atom. The number of aryl methyl sites for hydroxylation is 1. The summed E-state index contributed by atoms with van der Waals surface area (Å²) in [5.41, 5.74) is 1.62. The maximum atomic E-state index is 12.0. The highest BCUT2D eigenvalue weighted by Crippen LogP contribution is 2.12. The number of hydrogen-bond donors (Lipinski definition) is 0.